The van der Waals surface area contributed by atoms with Crippen molar-refractivity contribution in [1.82, 2.24) is 9.97 Å². The first-order valence-corrected chi connectivity index (χ1v) is 8.54. The number of aromatic nitrogens is 2. The summed E-state index contributed by atoms with van der Waals surface area (Å²) in [5.74, 6) is 0.863. The highest BCUT2D eigenvalue weighted by molar-refractivity contribution is 5.93. The minimum absolute atomic E-state index is 0.660. The Kier molecular flexibility index (Phi) is 4.27. The fraction of sp³-hybridized carbons (Fsp3) is 0.143. The van der Waals surface area contributed by atoms with E-state index in [0.29, 0.717) is 6.54 Å². The summed E-state index contributed by atoms with van der Waals surface area (Å²) in [4.78, 5) is 9.37. The zero-order valence-corrected chi connectivity index (χ0v) is 13.9. The van der Waals surface area contributed by atoms with Gasteiger partial charge in [-0.2, -0.15) is 0 Å². The first kappa shape index (κ1) is 15.5. The Morgan fingerprint density at radius 3 is 2.68 bits per heavy atom. The predicted molar refractivity (Wildman–Crippen MR) is 105 cm³/mol. The molecule has 0 saturated carbocycles. The monoisotopic (exact) mass is 328 g/mol. The van der Waals surface area contributed by atoms with Crippen LogP contribution in [0.1, 0.15) is 6.42 Å². The first-order valence-electron chi connectivity index (χ1n) is 8.54. The average molecular weight is 328 g/mol. The summed E-state index contributed by atoms with van der Waals surface area (Å²) in [5.41, 5.74) is 8.56. The van der Waals surface area contributed by atoms with E-state index in [-0.39, 0.29) is 0 Å². The fourth-order valence-electron chi connectivity index (χ4n) is 3.02. The van der Waals surface area contributed by atoms with E-state index in [4.69, 9.17) is 10.7 Å². The Bertz CT molecular complexity index is 1030. The number of hydrogen-bond acceptors (Lipinski definition) is 4. The third kappa shape index (κ3) is 3.16. The van der Waals surface area contributed by atoms with Crippen LogP contribution in [0.15, 0.2) is 66.9 Å². The number of pyridine rings is 2. The van der Waals surface area contributed by atoms with Crippen molar-refractivity contribution in [2.75, 3.05) is 18.4 Å². The highest BCUT2D eigenvalue weighted by Crippen LogP contribution is 2.28. The van der Waals surface area contributed by atoms with E-state index in [1.54, 1.807) is 0 Å². The van der Waals surface area contributed by atoms with Crippen LogP contribution < -0.4 is 11.1 Å². The van der Waals surface area contributed by atoms with Crippen LogP contribution in [-0.4, -0.2) is 23.1 Å². The molecular formula is C21H20N4. The van der Waals surface area contributed by atoms with Crippen LogP contribution in [0.25, 0.3) is 32.9 Å². The lowest BCUT2D eigenvalue weighted by molar-refractivity contribution is 0.871. The summed E-state index contributed by atoms with van der Waals surface area (Å²) in [5, 5.41) is 6.87. The fourth-order valence-corrected chi connectivity index (χ4v) is 3.02. The molecule has 0 radical (unpaired) electrons. The quantitative estimate of drug-likeness (QED) is 0.539. The Morgan fingerprint density at radius 1 is 0.920 bits per heavy atom. The van der Waals surface area contributed by atoms with E-state index in [1.165, 1.54) is 10.8 Å². The molecule has 0 aliphatic heterocycles. The van der Waals surface area contributed by atoms with Crippen molar-refractivity contribution in [2.24, 2.45) is 5.73 Å². The van der Waals surface area contributed by atoms with E-state index >= 15 is 0 Å². The van der Waals surface area contributed by atoms with Crippen molar-refractivity contribution < 1.29 is 0 Å². The summed E-state index contributed by atoms with van der Waals surface area (Å²) in [6, 6.07) is 20.8. The topological polar surface area (TPSA) is 63.8 Å². The van der Waals surface area contributed by atoms with Crippen LogP contribution in [0.3, 0.4) is 0 Å². The van der Waals surface area contributed by atoms with Crippen molar-refractivity contribution in [3.63, 3.8) is 0 Å². The second kappa shape index (κ2) is 6.87. The summed E-state index contributed by atoms with van der Waals surface area (Å²) < 4.78 is 0. The second-order valence-electron chi connectivity index (χ2n) is 6.06. The van der Waals surface area contributed by atoms with E-state index < -0.39 is 0 Å². The SMILES string of the molecule is NCCCNc1nc(-c2ccc3ccccc3c2)cc2ncccc12. The van der Waals surface area contributed by atoms with Crippen molar-refractivity contribution in [3.8, 4) is 11.3 Å². The standard InChI is InChI=1S/C21H20N4/c22-10-4-12-24-21-18-7-3-11-23-20(18)14-19(25-21)17-9-8-15-5-1-2-6-16(15)13-17/h1-3,5-9,11,13-14H,4,10,12,22H2,(H,24,25). The first-order chi connectivity index (χ1) is 12.3. The van der Waals surface area contributed by atoms with Crippen molar-refractivity contribution >= 4 is 27.5 Å². The van der Waals surface area contributed by atoms with E-state index in [1.807, 2.05) is 24.4 Å². The molecule has 0 spiro atoms. The molecule has 2 heterocycles. The van der Waals surface area contributed by atoms with Crippen molar-refractivity contribution in [3.05, 3.63) is 66.9 Å². The molecule has 0 fully saturated rings. The molecule has 0 atom stereocenters. The number of benzene rings is 2. The van der Waals surface area contributed by atoms with Crippen LogP contribution in [-0.2, 0) is 0 Å². The molecule has 4 heteroatoms. The van der Waals surface area contributed by atoms with E-state index in [2.05, 4.69) is 52.8 Å². The minimum atomic E-state index is 0.660. The van der Waals surface area contributed by atoms with Gasteiger partial charge in [0.1, 0.15) is 5.82 Å². The number of anilines is 1. The Balaban J connectivity index is 1.82. The van der Waals surface area contributed by atoms with Gasteiger partial charge in [0.15, 0.2) is 0 Å². The molecule has 0 saturated heterocycles. The van der Waals surface area contributed by atoms with Gasteiger partial charge in [0.25, 0.3) is 0 Å². The zero-order chi connectivity index (χ0) is 17.1. The molecule has 0 unspecified atom stereocenters. The average Bonchev–Trinajstić information content (AvgIpc) is 2.67. The number of hydrogen-bond donors (Lipinski definition) is 2. The van der Waals surface area contributed by atoms with Crippen LogP contribution in [0, 0.1) is 0 Å². The third-order valence-electron chi connectivity index (χ3n) is 4.32. The number of rotatable bonds is 5. The summed E-state index contributed by atoms with van der Waals surface area (Å²) in [6.07, 6.45) is 2.72. The number of nitrogens with zero attached hydrogens (tertiary/aromatic N) is 2. The van der Waals surface area contributed by atoms with Gasteiger partial charge >= 0.3 is 0 Å². The number of nitrogens with two attached hydrogens (primary N) is 1. The van der Waals surface area contributed by atoms with Crippen molar-refractivity contribution in [2.45, 2.75) is 6.42 Å². The zero-order valence-electron chi connectivity index (χ0n) is 13.9. The molecule has 4 nitrogen and oxygen atoms in total. The molecule has 2 aromatic carbocycles. The number of nitrogens with one attached hydrogen (secondary N) is 1. The third-order valence-corrected chi connectivity index (χ3v) is 4.32. The maximum absolute atomic E-state index is 5.61. The van der Waals surface area contributed by atoms with Gasteiger partial charge in [-0.05, 0) is 48.0 Å². The normalized spacial score (nSPS) is 11.1. The lowest BCUT2D eigenvalue weighted by atomic mass is 10.0. The molecule has 124 valence electrons. The largest absolute Gasteiger partial charge is 0.369 e. The highest BCUT2D eigenvalue weighted by Gasteiger charge is 2.09. The highest BCUT2D eigenvalue weighted by atomic mass is 15.0. The molecule has 0 amide bonds. The summed E-state index contributed by atoms with van der Waals surface area (Å²) in [6.45, 7) is 1.46. The van der Waals surface area contributed by atoms with Crippen LogP contribution >= 0.6 is 0 Å². The Labute approximate surface area is 146 Å². The summed E-state index contributed by atoms with van der Waals surface area (Å²) in [7, 11) is 0. The van der Waals surface area contributed by atoms with Crippen LogP contribution in [0.2, 0.25) is 0 Å². The maximum Gasteiger partial charge on any atom is 0.136 e. The van der Waals surface area contributed by atoms with Crippen LogP contribution in [0.4, 0.5) is 5.82 Å². The maximum atomic E-state index is 5.61. The summed E-state index contributed by atoms with van der Waals surface area (Å²) >= 11 is 0. The molecule has 4 aromatic rings. The molecule has 3 N–H and O–H groups in total. The van der Waals surface area contributed by atoms with Gasteiger partial charge in [0.05, 0.1) is 11.2 Å². The molecule has 0 aliphatic carbocycles. The molecule has 0 bridgehead atoms. The van der Waals surface area contributed by atoms with E-state index in [0.717, 1.165) is 40.9 Å². The van der Waals surface area contributed by atoms with Gasteiger partial charge in [-0.25, -0.2) is 4.98 Å². The Hall–Kier alpha value is -2.98. The van der Waals surface area contributed by atoms with Crippen LogP contribution in [0.5, 0.6) is 0 Å². The van der Waals surface area contributed by atoms with Gasteiger partial charge in [0.2, 0.25) is 0 Å². The van der Waals surface area contributed by atoms with Gasteiger partial charge in [-0.1, -0.05) is 36.4 Å². The molecular weight excluding hydrogens is 308 g/mol. The van der Waals surface area contributed by atoms with Gasteiger partial charge < -0.3 is 11.1 Å². The lowest BCUT2D eigenvalue weighted by Gasteiger charge is -2.11. The van der Waals surface area contributed by atoms with Gasteiger partial charge in [-0.15, -0.1) is 0 Å². The predicted octanol–water partition coefficient (Wildman–Crippen LogP) is 4.21. The van der Waals surface area contributed by atoms with E-state index in [9.17, 15) is 0 Å². The minimum Gasteiger partial charge on any atom is -0.369 e. The Morgan fingerprint density at radius 2 is 1.80 bits per heavy atom. The molecule has 4 rings (SSSR count). The molecule has 2 aromatic heterocycles. The number of fused-ring (bicyclic) bond motifs is 2. The molecule has 25 heavy (non-hydrogen) atoms. The van der Waals surface area contributed by atoms with Crippen molar-refractivity contribution in [1.29, 1.82) is 0 Å². The second-order valence-corrected chi connectivity index (χ2v) is 6.06. The van der Waals surface area contributed by atoms with Gasteiger partial charge in [-0.3, -0.25) is 4.98 Å². The lowest BCUT2D eigenvalue weighted by Crippen LogP contribution is -2.10. The smallest absolute Gasteiger partial charge is 0.136 e. The van der Waals surface area contributed by atoms with Gasteiger partial charge in [0, 0.05) is 23.7 Å². The molecule has 0 aliphatic rings.